The van der Waals surface area contributed by atoms with Crippen molar-refractivity contribution in [2.45, 2.75) is 50.9 Å². The van der Waals surface area contributed by atoms with Crippen molar-refractivity contribution in [1.82, 2.24) is 31.2 Å². The molecule has 2 fully saturated rings. The lowest BCUT2D eigenvalue weighted by molar-refractivity contribution is -0.120. The Labute approximate surface area is 289 Å². The van der Waals surface area contributed by atoms with Crippen LogP contribution in [0, 0.1) is 0 Å². The molecule has 0 unspecified atom stereocenters. The molecule has 2 aromatic heterocycles. The van der Waals surface area contributed by atoms with Gasteiger partial charge in [0.15, 0.2) is 0 Å². The smallest absolute Gasteiger partial charge is 0.220 e. The van der Waals surface area contributed by atoms with E-state index in [1.165, 1.54) is 0 Å². The van der Waals surface area contributed by atoms with Crippen molar-refractivity contribution in [3.05, 3.63) is 82.0 Å². The number of nitrogens with zero attached hydrogens (tertiary/aromatic N) is 2. The van der Waals surface area contributed by atoms with Crippen LogP contribution in [-0.2, 0) is 22.7 Å². The average molecular weight is 690 g/mol. The Morgan fingerprint density at radius 1 is 0.750 bits per heavy atom. The summed E-state index contributed by atoms with van der Waals surface area (Å²) in [5.74, 6) is 1.39. The number of carbonyl (C=O) groups excluding carboxylic acids is 2. The minimum atomic E-state index is 0.0983. The number of hydrogen-bond donors (Lipinski definition) is 4. The highest BCUT2D eigenvalue weighted by atomic mass is 35.5. The Morgan fingerprint density at radius 2 is 1.31 bits per heavy atom. The number of halogens is 2. The first kappa shape index (κ1) is 33.7. The van der Waals surface area contributed by atoms with Gasteiger partial charge >= 0.3 is 0 Å². The third kappa shape index (κ3) is 7.57. The van der Waals surface area contributed by atoms with Crippen LogP contribution in [0.5, 0.6) is 11.6 Å². The molecule has 2 amide bonds. The fourth-order valence-corrected chi connectivity index (χ4v) is 6.81. The number of nitrogens with one attached hydrogen (secondary N) is 4. The van der Waals surface area contributed by atoms with Crippen LogP contribution in [0.3, 0.4) is 0 Å². The summed E-state index contributed by atoms with van der Waals surface area (Å²) in [5.41, 5.74) is 6.16. The second-order valence-electron chi connectivity index (χ2n) is 11.9. The zero-order valence-electron chi connectivity index (χ0n) is 26.9. The summed E-state index contributed by atoms with van der Waals surface area (Å²) in [6.07, 6.45) is 4.60. The van der Waals surface area contributed by atoms with E-state index in [0.717, 1.165) is 46.2 Å². The van der Waals surface area contributed by atoms with Crippen molar-refractivity contribution >= 4 is 35.0 Å². The van der Waals surface area contributed by atoms with Crippen LogP contribution in [0.2, 0.25) is 10.0 Å². The Bertz CT molecular complexity index is 1690. The van der Waals surface area contributed by atoms with Crippen molar-refractivity contribution < 1.29 is 19.1 Å². The summed E-state index contributed by atoms with van der Waals surface area (Å²) in [6, 6.07) is 17.6. The zero-order chi connectivity index (χ0) is 33.6. The number of methoxy groups -OCH3 is 2. The number of pyridine rings is 2. The average Bonchev–Trinajstić information content (AvgIpc) is 3.72. The van der Waals surface area contributed by atoms with E-state index in [1.807, 2.05) is 54.6 Å². The lowest BCUT2D eigenvalue weighted by Crippen LogP contribution is -2.35. The lowest BCUT2D eigenvalue weighted by Gasteiger charge is -2.16. The predicted molar refractivity (Wildman–Crippen MR) is 187 cm³/mol. The standard InChI is InChI=1S/C36H38Cl2N6O4/c1-47-31-15-30(41-18-22(31)17-40-20-24-11-14-33(46)43-24)28-8-4-6-26(35(28)38)25-5-3-7-27(34(25)37)29-12-9-21(36(44-29)48-2)16-39-19-23-10-13-32(45)42-23/h3-9,12,15,18,23-24,39-40H,10-11,13-14,16-17,19-20H2,1-2H3,(H,42,45)(H,43,46)/t23-,24-/m0/s1. The Morgan fingerprint density at radius 3 is 1.85 bits per heavy atom. The summed E-state index contributed by atoms with van der Waals surface area (Å²) in [7, 11) is 3.23. The van der Waals surface area contributed by atoms with Gasteiger partial charge in [-0.25, -0.2) is 4.98 Å². The van der Waals surface area contributed by atoms with Crippen molar-refractivity contribution in [2.75, 3.05) is 27.3 Å². The van der Waals surface area contributed by atoms with Gasteiger partial charge in [-0.1, -0.05) is 65.7 Å². The van der Waals surface area contributed by atoms with E-state index in [-0.39, 0.29) is 23.9 Å². The van der Waals surface area contributed by atoms with Gasteiger partial charge in [0.2, 0.25) is 17.7 Å². The van der Waals surface area contributed by atoms with Crippen molar-refractivity contribution in [3.63, 3.8) is 0 Å². The van der Waals surface area contributed by atoms with Crippen molar-refractivity contribution in [2.24, 2.45) is 0 Å². The molecule has 12 heteroatoms. The van der Waals surface area contributed by atoms with Gasteiger partial charge in [0.1, 0.15) is 5.75 Å². The highest BCUT2D eigenvalue weighted by molar-refractivity contribution is 6.39. The number of hydrogen-bond acceptors (Lipinski definition) is 8. The van der Waals surface area contributed by atoms with Gasteiger partial charge in [-0.3, -0.25) is 14.6 Å². The number of rotatable bonds is 13. The van der Waals surface area contributed by atoms with E-state index >= 15 is 0 Å². The first-order chi connectivity index (χ1) is 23.3. The van der Waals surface area contributed by atoms with Crippen LogP contribution >= 0.6 is 23.2 Å². The summed E-state index contributed by atoms with van der Waals surface area (Å²) in [5, 5.41) is 13.8. The minimum Gasteiger partial charge on any atom is -0.496 e. The van der Waals surface area contributed by atoms with E-state index in [9.17, 15) is 9.59 Å². The molecule has 10 nitrogen and oxygen atoms in total. The Hall–Kier alpha value is -4.22. The van der Waals surface area contributed by atoms with Gasteiger partial charge in [-0.05, 0) is 18.9 Å². The molecule has 0 bridgehead atoms. The van der Waals surface area contributed by atoms with Gasteiger partial charge in [0.25, 0.3) is 0 Å². The van der Waals surface area contributed by atoms with Gasteiger partial charge < -0.3 is 30.7 Å². The Balaban J connectivity index is 1.20. The molecule has 2 atom stereocenters. The van der Waals surface area contributed by atoms with Gasteiger partial charge in [0.05, 0.1) is 35.7 Å². The highest BCUT2D eigenvalue weighted by Crippen LogP contribution is 2.42. The summed E-state index contributed by atoms with van der Waals surface area (Å²) < 4.78 is 11.4. The maximum Gasteiger partial charge on any atom is 0.220 e. The predicted octanol–water partition coefficient (Wildman–Crippen LogP) is 5.54. The zero-order valence-corrected chi connectivity index (χ0v) is 28.4. The van der Waals surface area contributed by atoms with Crippen LogP contribution < -0.4 is 30.7 Å². The van der Waals surface area contributed by atoms with E-state index in [1.54, 1.807) is 20.4 Å². The molecule has 0 aliphatic carbocycles. The topological polar surface area (TPSA) is 126 Å². The quantitative estimate of drug-likeness (QED) is 0.144. The maximum absolute atomic E-state index is 11.5. The number of ether oxygens (including phenoxy) is 2. The fraction of sp³-hybridized carbons (Fsp3) is 0.333. The van der Waals surface area contributed by atoms with Crippen LogP contribution in [0.15, 0.2) is 60.8 Å². The number of benzene rings is 2. The normalized spacial score (nSPS) is 17.3. The molecule has 2 aliphatic rings. The molecule has 2 aliphatic heterocycles. The molecular formula is C36H38Cl2N6O4. The number of carbonyl (C=O) groups is 2. The van der Waals surface area contributed by atoms with Crippen molar-refractivity contribution in [3.8, 4) is 45.3 Å². The van der Waals surface area contributed by atoms with E-state index in [0.29, 0.717) is 72.1 Å². The summed E-state index contributed by atoms with van der Waals surface area (Å²) >= 11 is 14.1. The first-order valence-electron chi connectivity index (χ1n) is 16.0. The number of amides is 2. The summed E-state index contributed by atoms with van der Waals surface area (Å²) in [6.45, 7) is 2.46. The maximum atomic E-state index is 11.5. The molecule has 2 saturated heterocycles. The van der Waals surface area contributed by atoms with Crippen LogP contribution in [0.25, 0.3) is 33.6 Å². The molecule has 0 spiro atoms. The van der Waals surface area contributed by atoms with E-state index in [2.05, 4.69) is 21.3 Å². The molecule has 2 aromatic carbocycles. The SMILES string of the molecule is COc1cc(-c2cccc(-c3cccc(-c4ccc(CNC[C@@H]5CCC(=O)N5)c(OC)n4)c3Cl)c2Cl)ncc1CNC[C@@H]1CCC(=O)N1. The first-order valence-corrected chi connectivity index (χ1v) is 16.7. The molecule has 48 heavy (non-hydrogen) atoms. The Kier molecular flexibility index (Phi) is 10.8. The molecule has 250 valence electrons. The third-order valence-corrected chi connectivity index (χ3v) is 9.53. The molecule has 4 N–H and O–H groups in total. The largest absolute Gasteiger partial charge is 0.496 e. The van der Waals surface area contributed by atoms with Crippen LogP contribution in [0.1, 0.15) is 36.8 Å². The number of aromatic nitrogens is 2. The van der Waals surface area contributed by atoms with Crippen molar-refractivity contribution in [1.29, 1.82) is 0 Å². The van der Waals surface area contributed by atoms with E-state index in [4.69, 9.17) is 42.6 Å². The van der Waals surface area contributed by atoms with E-state index < -0.39 is 0 Å². The molecule has 4 aromatic rings. The molecule has 4 heterocycles. The second-order valence-corrected chi connectivity index (χ2v) is 12.7. The van der Waals surface area contributed by atoms with Crippen LogP contribution in [-0.4, -0.2) is 61.2 Å². The highest BCUT2D eigenvalue weighted by Gasteiger charge is 2.22. The van der Waals surface area contributed by atoms with Gasteiger partial charge in [0, 0.05) is 96.7 Å². The molecule has 6 rings (SSSR count). The minimum absolute atomic E-state index is 0.0983. The summed E-state index contributed by atoms with van der Waals surface area (Å²) in [4.78, 5) is 32.5. The second kappa shape index (κ2) is 15.3. The molecular weight excluding hydrogens is 651 g/mol. The van der Waals surface area contributed by atoms with Gasteiger partial charge in [-0.15, -0.1) is 0 Å². The molecule has 0 radical (unpaired) electrons. The fourth-order valence-electron chi connectivity index (χ4n) is 6.16. The third-order valence-electron chi connectivity index (χ3n) is 8.72. The lowest BCUT2D eigenvalue weighted by atomic mass is 9.98. The van der Waals surface area contributed by atoms with Gasteiger partial charge in [-0.2, -0.15) is 0 Å². The monoisotopic (exact) mass is 688 g/mol. The van der Waals surface area contributed by atoms with Crippen LogP contribution in [0.4, 0.5) is 0 Å². The molecule has 0 saturated carbocycles.